The van der Waals surface area contributed by atoms with Crippen LogP contribution in [0.3, 0.4) is 0 Å². The maximum absolute atomic E-state index is 11.6. The molecule has 0 saturated carbocycles. The molecule has 0 aromatic heterocycles. The highest BCUT2D eigenvalue weighted by Gasteiger charge is 2.16. The summed E-state index contributed by atoms with van der Waals surface area (Å²) >= 11 is 0. The zero-order valence-corrected chi connectivity index (χ0v) is 11.3. The number of ether oxygens (including phenoxy) is 1. The molecule has 1 rings (SSSR count). The number of nitrogens with one attached hydrogen (secondary N) is 1. The number of hydrogen-bond acceptors (Lipinski definition) is 3. The van der Waals surface area contributed by atoms with E-state index in [1.165, 1.54) is 0 Å². The predicted octanol–water partition coefficient (Wildman–Crippen LogP) is 1.34. The predicted molar refractivity (Wildman–Crippen MR) is 72.5 cm³/mol. The SMILES string of the molecule is CNC(=O)C(CN)Cc1cccc(OC(C)C)c1. The molecule has 0 aliphatic rings. The van der Waals surface area contributed by atoms with Crippen LogP contribution in [0.1, 0.15) is 19.4 Å². The molecular weight excluding hydrogens is 228 g/mol. The first-order valence-corrected chi connectivity index (χ1v) is 6.24. The summed E-state index contributed by atoms with van der Waals surface area (Å²) in [4.78, 5) is 11.6. The molecule has 0 bridgehead atoms. The minimum absolute atomic E-state index is 0.0207. The number of nitrogens with two attached hydrogens (primary N) is 1. The van der Waals surface area contributed by atoms with Crippen molar-refractivity contribution in [3.63, 3.8) is 0 Å². The Hall–Kier alpha value is -1.55. The summed E-state index contributed by atoms with van der Waals surface area (Å²) in [5.41, 5.74) is 6.69. The average molecular weight is 250 g/mol. The summed E-state index contributed by atoms with van der Waals surface area (Å²) < 4.78 is 5.63. The number of carbonyl (C=O) groups excluding carboxylic acids is 1. The minimum atomic E-state index is -0.190. The lowest BCUT2D eigenvalue weighted by Crippen LogP contribution is -2.34. The van der Waals surface area contributed by atoms with Gasteiger partial charge in [-0.05, 0) is 38.0 Å². The van der Waals surface area contributed by atoms with Crippen LogP contribution in [0, 0.1) is 5.92 Å². The Morgan fingerprint density at radius 2 is 2.17 bits per heavy atom. The second kappa shape index (κ2) is 7.01. The molecule has 100 valence electrons. The third-order valence-corrected chi connectivity index (χ3v) is 2.65. The van der Waals surface area contributed by atoms with Gasteiger partial charge in [-0.15, -0.1) is 0 Å². The van der Waals surface area contributed by atoms with E-state index in [4.69, 9.17) is 10.5 Å². The molecule has 1 aromatic carbocycles. The van der Waals surface area contributed by atoms with E-state index in [1.807, 2.05) is 38.1 Å². The highest BCUT2D eigenvalue weighted by atomic mass is 16.5. The topological polar surface area (TPSA) is 64.4 Å². The van der Waals surface area contributed by atoms with E-state index >= 15 is 0 Å². The lowest BCUT2D eigenvalue weighted by atomic mass is 9.98. The number of rotatable bonds is 6. The summed E-state index contributed by atoms with van der Waals surface area (Å²) in [6.45, 7) is 4.31. The summed E-state index contributed by atoms with van der Waals surface area (Å²) in [7, 11) is 1.63. The summed E-state index contributed by atoms with van der Waals surface area (Å²) in [6.07, 6.45) is 0.773. The van der Waals surface area contributed by atoms with E-state index in [2.05, 4.69) is 5.32 Å². The Kier molecular flexibility index (Phi) is 5.65. The van der Waals surface area contributed by atoms with E-state index < -0.39 is 0 Å². The van der Waals surface area contributed by atoms with Gasteiger partial charge >= 0.3 is 0 Å². The van der Waals surface area contributed by atoms with E-state index in [0.717, 1.165) is 11.3 Å². The van der Waals surface area contributed by atoms with Crippen LogP contribution in [0.2, 0.25) is 0 Å². The molecule has 1 unspecified atom stereocenters. The van der Waals surface area contributed by atoms with Crippen molar-refractivity contribution in [1.29, 1.82) is 0 Å². The first kappa shape index (κ1) is 14.5. The van der Waals surface area contributed by atoms with Crippen molar-refractivity contribution in [2.45, 2.75) is 26.4 Å². The van der Waals surface area contributed by atoms with Crippen LogP contribution in [0.4, 0.5) is 0 Å². The fraction of sp³-hybridized carbons (Fsp3) is 0.500. The Morgan fingerprint density at radius 3 is 2.72 bits per heavy atom. The Labute approximate surface area is 109 Å². The number of carbonyl (C=O) groups is 1. The molecule has 18 heavy (non-hydrogen) atoms. The monoisotopic (exact) mass is 250 g/mol. The van der Waals surface area contributed by atoms with Crippen LogP contribution in [0.25, 0.3) is 0 Å². The van der Waals surface area contributed by atoms with Gasteiger partial charge in [-0.1, -0.05) is 12.1 Å². The van der Waals surface area contributed by atoms with Crippen molar-refractivity contribution in [2.75, 3.05) is 13.6 Å². The van der Waals surface area contributed by atoms with Crippen molar-refractivity contribution in [1.82, 2.24) is 5.32 Å². The molecule has 0 heterocycles. The van der Waals surface area contributed by atoms with Crippen molar-refractivity contribution in [3.05, 3.63) is 29.8 Å². The fourth-order valence-electron chi connectivity index (χ4n) is 1.79. The highest BCUT2D eigenvalue weighted by Crippen LogP contribution is 2.17. The first-order valence-electron chi connectivity index (χ1n) is 6.24. The summed E-state index contributed by atoms with van der Waals surface area (Å²) in [5.74, 6) is 0.618. The normalized spacial score (nSPS) is 12.3. The smallest absolute Gasteiger partial charge is 0.224 e. The van der Waals surface area contributed by atoms with Crippen LogP contribution >= 0.6 is 0 Å². The van der Waals surface area contributed by atoms with Crippen LogP contribution in [0.15, 0.2) is 24.3 Å². The van der Waals surface area contributed by atoms with Crippen LogP contribution in [-0.2, 0) is 11.2 Å². The minimum Gasteiger partial charge on any atom is -0.491 e. The zero-order chi connectivity index (χ0) is 13.5. The quantitative estimate of drug-likeness (QED) is 0.800. The summed E-state index contributed by atoms with van der Waals surface area (Å²) in [5, 5.41) is 2.63. The van der Waals surface area contributed by atoms with E-state index in [0.29, 0.717) is 13.0 Å². The molecule has 1 atom stereocenters. The summed E-state index contributed by atoms with van der Waals surface area (Å²) in [6, 6.07) is 7.80. The lowest BCUT2D eigenvalue weighted by molar-refractivity contribution is -0.124. The Bertz CT molecular complexity index is 391. The van der Waals surface area contributed by atoms with Gasteiger partial charge in [-0.3, -0.25) is 4.79 Å². The van der Waals surface area contributed by atoms with E-state index in [-0.39, 0.29) is 17.9 Å². The molecule has 3 N–H and O–H groups in total. The highest BCUT2D eigenvalue weighted by molar-refractivity contribution is 5.78. The molecule has 0 radical (unpaired) electrons. The third-order valence-electron chi connectivity index (χ3n) is 2.65. The molecule has 0 spiro atoms. The van der Waals surface area contributed by atoms with Gasteiger partial charge in [-0.2, -0.15) is 0 Å². The van der Waals surface area contributed by atoms with Gasteiger partial charge in [-0.25, -0.2) is 0 Å². The maximum Gasteiger partial charge on any atom is 0.224 e. The van der Waals surface area contributed by atoms with Crippen LogP contribution in [0.5, 0.6) is 5.75 Å². The maximum atomic E-state index is 11.6. The Balaban J connectivity index is 2.74. The molecular formula is C14H22N2O2. The van der Waals surface area contributed by atoms with Crippen molar-refractivity contribution < 1.29 is 9.53 Å². The molecule has 0 saturated heterocycles. The average Bonchev–Trinajstić information content (AvgIpc) is 2.34. The Morgan fingerprint density at radius 1 is 1.44 bits per heavy atom. The van der Waals surface area contributed by atoms with Crippen molar-refractivity contribution in [2.24, 2.45) is 11.7 Å². The zero-order valence-electron chi connectivity index (χ0n) is 11.3. The fourth-order valence-corrected chi connectivity index (χ4v) is 1.79. The molecule has 1 aromatic rings. The first-order chi connectivity index (χ1) is 8.56. The van der Waals surface area contributed by atoms with Crippen LogP contribution in [-0.4, -0.2) is 25.6 Å². The van der Waals surface area contributed by atoms with Gasteiger partial charge < -0.3 is 15.8 Å². The molecule has 1 amide bonds. The van der Waals surface area contributed by atoms with Gasteiger partial charge in [0.05, 0.1) is 12.0 Å². The van der Waals surface area contributed by atoms with Crippen LogP contribution < -0.4 is 15.8 Å². The molecule has 0 fully saturated rings. The van der Waals surface area contributed by atoms with Gasteiger partial charge in [0.15, 0.2) is 0 Å². The second-order valence-electron chi connectivity index (χ2n) is 4.57. The molecule has 4 heteroatoms. The van der Waals surface area contributed by atoms with E-state index in [9.17, 15) is 4.79 Å². The second-order valence-corrected chi connectivity index (χ2v) is 4.57. The van der Waals surface area contributed by atoms with Gasteiger partial charge in [0, 0.05) is 13.6 Å². The van der Waals surface area contributed by atoms with Crippen molar-refractivity contribution >= 4 is 5.91 Å². The number of hydrogen-bond donors (Lipinski definition) is 2. The number of benzene rings is 1. The van der Waals surface area contributed by atoms with E-state index in [1.54, 1.807) is 7.05 Å². The molecule has 0 aliphatic carbocycles. The molecule has 0 aliphatic heterocycles. The van der Waals surface area contributed by atoms with Crippen molar-refractivity contribution in [3.8, 4) is 5.75 Å². The van der Waals surface area contributed by atoms with Gasteiger partial charge in [0.2, 0.25) is 5.91 Å². The van der Waals surface area contributed by atoms with Gasteiger partial charge in [0.25, 0.3) is 0 Å². The standard InChI is InChI=1S/C14H22N2O2/c1-10(2)18-13-6-4-5-11(8-13)7-12(9-15)14(17)16-3/h4-6,8,10,12H,7,9,15H2,1-3H3,(H,16,17). The third kappa shape index (κ3) is 4.37. The molecule has 4 nitrogen and oxygen atoms in total. The largest absolute Gasteiger partial charge is 0.491 e. The number of amides is 1. The lowest BCUT2D eigenvalue weighted by Gasteiger charge is -2.15. The van der Waals surface area contributed by atoms with Gasteiger partial charge in [0.1, 0.15) is 5.75 Å².